The molecule has 0 amide bonds. The number of carbonyl (C=O) groups excluding carboxylic acids is 2. The fourth-order valence-electron chi connectivity index (χ4n) is 4.88. The summed E-state index contributed by atoms with van der Waals surface area (Å²) in [5.74, 6) is 0.348. The molecule has 7 heteroatoms. The summed E-state index contributed by atoms with van der Waals surface area (Å²) in [7, 11) is 1.62. The molecule has 0 aliphatic heterocycles. The van der Waals surface area contributed by atoms with Crippen molar-refractivity contribution < 1.29 is 33.6 Å². The molecule has 0 saturated heterocycles. The Morgan fingerprint density at radius 1 is 0.787 bits per heavy atom. The molecule has 4 rings (SSSR count). The van der Waals surface area contributed by atoms with E-state index in [2.05, 4.69) is 6.92 Å². The molecule has 0 bridgehead atoms. The molecule has 7 nitrogen and oxygen atoms in total. The molecule has 0 radical (unpaired) electrons. The third-order valence-electron chi connectivity index (χ3n) is 7.76. The van der Waals surface area contributed by atoms with E-state index in [0.29, 0.717) is 47.5 Å². The molecule has 1 N–H and O–H groups in total. The molecular formula is C40H42O7. The number of rotatable bonds is 15. The maximum atomic E-state index is 13.0. The van der Waals surface area contributed by atoms with Crippen LogP contribution in [0.15, 0.2) is 121 Å². The van der Waals surface area contributed by atoms with Gasteiger partial charge in [0.05, 0.1) is 23.8 Å². The fourth-order valence-corrected chi connectivity index (χ4v) is 4.88. The second-order valence-electron chi connectivity index (χ2n) is 11.1. The van der Waals surface area contributed by atoms with Gasteiger partial charge in [0.2, 0.25) is 0 Å². The monoisotopic (exact) mass is 634 g/mol. The lowest BCUT2D eigenvalue weighted by molar-refractivity contribution is 0.0682. The van der Waals surface area contributed by atoms with Crippen LogP contribution in [0.2, 0.25) is 0 Å². The van der Waals surface area contributed by atoms with Gasteiger partial charge in [-0.2, -0.15) is 0 Å². The van der Waals surface area contributed by atoms with Gasteiger partial charge in [-0.3, -0.25) is 0 Å². The van der Waals surface area contributed by atoms with E-state index in [1.807, 2.05) is 62.4 Å². The van der Waals surface area contributed by atoms with E-state index in [1.165, 1.54) is 0 Å². The first-order chi connectivity index (χ1) is 22.7. The zero-order chi connectivity index (χ0) is 33.6. The van der Waals surface area contributed by atoms with Gasteiger partial charge in [-0.1, -0.05) is 80.6 Å². The first-order valence-electron chi connectivity index (χ1n) is 15.8. The van der Waals surface area contributed by atoms with Gasteiger partial charge >= 0.3 is 11.9 Å². The molecule has 0 aliphatic rings. The van der Waals surface area contributed by atoms with Crippen LogP contribution in [-0.4, -0.2) is 29.8 Å². The van der Waals surface area contributed by atoms with E-state index in [1.54, 1.807) is 79.9 Å². The molecule has 0 fully saturated rings. The smallest absolute Gasteiger partial charge is 0.343 e. The second kappa shape index (κ2) is 17.0. The van der Waals surface area contributed by atoms with Gasteiger partial charge < -0.3 is 24.1 Å². The van der Waals surface area contributed by atoms with Crippen molar-refractivity contribution in [2.24, 2.45) is 0 Å². The number of aryl methyl sites for hydroxylation is 1. The summed E-state index contributed by atoms with van der Waals surface area (Å²) < 4.78 is 23.4. The fraction of sp³-hybridized carbons (Fsp3) is 0.250. The van der Waals surface area contributed by atoms with Crippen LogP contribution in [-0.2, 0) is 6.42 Å². The lowest BCUT2D eigenvalue weighted by Gasteiger charge is -2.24. The summed E-state index contributed by atoms with van der Waals surface area (Å²) in [6.45, 7) is 5.91. The third-order valence-corrected chi connectivity index (χ3v) is 7.76. The van der Waals surface area contributed by atoms with Gasteiger partial charge in [0, 0.05) is 0 Å². The average Bonchev–Trinajstić information content (AvgIpc) is 3.10. The Morgan fingerprint density at radius 2 is 1.40 bits per heavy atom. The zero-order valence-electron chi connectivity index (χ0n) is 27.3. The van der Waals surface area contributed by atoms with Gasteiger partial charge in [0.15, 0.2) is 11.5 Å². The van der Waals surface area contributed by atoms with Crippen LogP contribution in [0, 0.1) is 0 Å². The lowest BCUT2D eigenvalue weighted by Crippen LogP contribution is -2.25. The molecule has 4 aromatic rings. The largest absolute Gasteiger partial charge is 0.496 e. The van der Waals surface area contributed by atoms with Crippen LogP contribution >= 0.6 is 0 Å². The van der Waals surface area contributed by atoms with E-state index >= 15 is 0 Å². The molecule has 244 valence electrons. The van der Waals surface area contributed by atoms with E-state index < -0.39 is 23.6 Å². The van der Waals surface area contributed by atoms with Crippen LogP contribution in [0.4, 0.5) is 0 Å². The highest BCUT2D eigenvalue weighted by Gasteiger charge is 2.23. The summed E-state index contributed by atoms with van der Waals surface area (Å²) >= 11 is 0. The predicted octanol–water partition coefficient (Wildman–Crippen LogP) is 8.87. The Labute approximate surface area is 277 Å². The number of allylic oxidation sites excluding steroid dienone is 3. The number of methoxy groups -OCH3 is 1. The predicted molar refractivity (Wildman–Crippen MR) is 183 cm³/mol. The van der Waals surface area contributed by atoms with Crippen molar-refractivity contribution in [3.8, 4) is 23.0 Å². The van der Waals surface area contributed by atoms with Gasteiger partial charge in [-0.05, 0) is 98.3 Å². The number of hydrogen-bond donors (Lipinski definition) is 1. The first-order valence-corrected chi connectivity index (χ1v) is 15.8. The molecule has 0 spiro atoms. The van der Waals surface area contributed by atoms with Crippen molar-refractivity contribution in [2.45, 2.75) is 58.2 Å². The molecule has 0 saturated carbocycles. The summed E-state index contributed by atoms with van der Waals surface area (Å²) in [5.41, 5.74) is 1.37. The van der Waals surface area contributed by atoms with E-state index in [9.17, 15) is 14.7 Å². The summed E-state index contributed by atoms with van der Waals surface area (Å²) in [5, 5.41) is 11.2. The van der Waals surface area contributed by atoms with Crippen molar-refractivity contribution in [2.75, 3.05) is 7.11 Å². The third kappa shape index (κ3) is 9.92. The minimum absolute atomic E-state index is 0.0900. The number of esters is 2. The normalized spacial score (nSPS) is 13.2. The van der Waals surface area contributed by atoms with E-state index in [0.717, 1.165) is 12.0 Å². The van der Waals surface area contributed by atoms with Crippen LogP contribution in [0.3, 0.4) is 0 Å². The number of carbonyl (C=O) groups is 2. The Kier molecular flexibility index (Phi) is 12.5. The van der Waals surface area contributed by atoms with Crippen molar-refractivity contribution in [1.82, 2.24) is 0 Å². The number of benzene rings is 4. The molecule has 47 heavy (non-hydrogen) atoms. The summed E-state index contributed by atoms with van der Waals surface area (Å²) in [6, 6.07) is 27.8. The van der Waals surface area contributed by atoms with Crippen LogP contribution in [0.25, 0.3) is 0 Å². The topological polar surface area (TPSA) is 91.3 Å². The van der Waals surface area contributed by atoms with Crippen molar-refractivity contribution in [1.29, 1.82) is 0 Å². The Bertz CT molecular complexity index is 1680. The van der Waals surface area contributed by atoms with Crippen LogP contribution < -0.4 is 18.9 Å². The number of hydrogen-bond acceptors (Lipinski definition) is 7. The quantitative estimate of drug-likeness (QED) is 0.0793. The second-order valence-corrected chi connectivity index (χ2v) is 11.1. The highest BCUT2D eigenvalue weighted by atomic mass is 16.6. The summed E-state index contributed by atoms with van der Waals surface area (Å²) in [4.78, 5) is 25.9. The highest BCUT2D eigenvalue weighted by Crippen LogP contribution is 2.35. The molecule has 0 aromatic heterocycles. The zero-order valence-corrected chi connectivity index (χ0v) is 27.3. The maximum Gasteiger partial charge on any atom is 0.343 e. The van der Waals surface area contributed by atoms with Gasteiger partial charge in [-0.15, -0.1) is 0 Å². The van der Waals surface area contributed by atoms with Crippen LogP contribution in [0.1, 0.15) is 78.0 Å². The number of aliphatic hydroxyl groups is 1. The Morgan fingerprint density at radius 3 is 2.00 bits per heavy atom. The molecule has 4 aromatic carbocycles. The molecule has 2 unspecified atom stereocenters. The molecule has 2 atom stereocenters. The van der Waals surface area contributed by atoms with E-state index in [-0.39, 0.29) is 11.5 Å². The minimum Gasteiger partial charge on any atom is -0.496 e. The minimum atomic E-state index is -0.952. The van der Waals surface area contributed by atoms with E-state index in [4.69, 9.17) is 18.9 Å². The van der Waals surface area contributed by atoms with Crippen molar-refractivity contribution in [3.63, 3.8) is 0 Å². The van der Waals surface area contributed by atoms with Crippen LogP contribution in [0.5, 0.6) is 23.0 Å². The first kappa shape index (κ1) is 34.7. The number of ether oxygens (including phenoxy) is 4. The molecule has 0 heterocycles. The summed E-state index contributed by atoms with van der Waals surface area (Å²) in [6.07, 6.45) is 9.85. The van der Waals surface area contributed by atoms with Gasteiger partial charge in [-0.25, -0.2) is 9.59 Å². The molecule has 0 aliphatic carbocycles. The average molecular weight is 635 g/mol. The standard InChI is InChI=1S/C40H42O7/c1-5-7-8-15-25-40(43,6-2)26-24-33-27-34(21-23-35(33)44-4)45-29(3)32-20-22-36(46-38(41)30-16-11-9-12-17-30)37(28-32)47-39(42)31-18-13-10-14-19-31/h7-23,25,27-29,43H,5-6,24,26H2,1-4H3. The van der Waals surface area contributed by atoms with Crippen molar-refractivity contribution in [3.05, 3.63) is 144 Å². The Balaban J connectivity index is 1.55. The van der Waals surface area contributed by atoms with Crippen molar-refractivity contribution >= 4 is 11.9 Å². The van der Waals surface area contributed by atoms with Gasteiger partial charge in [0.1, 0.15) is 17.6 Å². The SMILES string of the molecule is CCC=CC=CC(O)(CC)CCc1cc(OC(C)c2ccc(OC(=O)c3ccccc3)c(OC(=O)c3ccccc3)c2)ccc1OC. The Hall–Kier alpha value is -5.14. The molecular weight excluding hydrogens is 592 g/mol. The lowest BCUT2D eigenvalue weighted by atomic mass is 9.91. The maximum absolute atomic E-state index is 13.0. The highest BCUT2D eigenvalue weighted by molar-refractivity contribution is 5.93. The van der Waals surface area contributed by atoms with Gasteiger partial charge in [0.25, 0.3) is 0 Å².